The Labute approximate surface area is 470 Å². The van der Waals surface area contributed by atoms with E-state index in [1.165, 1.54) is 48.6 Å². The molecule has 0 radical (unpaired) electrons. The number of rotatable bonds is 24. The fraction of sp³-hybridized carbons (Fsp3) is 0.280. The molecule has 6 rings (SSSR count). The van der Waals surface area contributed by atoms with Gasteiger partial charge >= 0.3 is 5.97 Å². The number of aliphatic carboxylic acids is 1. The minimum Gasteiger partial charge on any atom is -0.493 e. The zero-order chi connectivity index (χ0) is 61.1. The lowest BCUT2D eigenvalue weighted by Gasteiger charge is -2.13. The van der Waals surface area contributed by atoms with Crippen LogP contribution in [0.1, 0.15) is 80.1 Å². The minimum atomic E-state index is -5.23. The van der Waals surface area contributed by atoms with Crippen molar-refractivity contribution in [2.24, 2.45) is 30.7 Å². The summed E-state index contributed by atoms with van der Waals surface area (Å²) in [7, 11) is -19.3. The third kappa shape index (κ3) is 16.6. The van der Waals surface area contributed by atoms with Crippen molar-refractivity contribution in [2.45, 2.75) is 77.0 Å². The first-order chi connectivity index (χ1) is 38.4. The van der Waals surface area contributed by atoms with Gasteiger partial charge < -0.3 is 25.0 Å². The summed E-state index contributed by atoms with van der Waals surface area (Å²) in [6.07, 6.45) is 3.21. The lowest BCUT2D eigenvalue weighted by Crippen LogP contribution is -2.14. The van der Waals surface area contributed by atoms with E-state index in [4.69, 9.17) is 14.6 Å². The Morgan fingerprint density at radius 2 is 1.22 bits per heavy atom. The maximum absolute atomic E-state index is 12.7. The standard InChI is InChI=1S/C48H48N10O18S4.C2H6/c1-6-10-39-34(7-2)51-47-33(25-49)28(5)46(48(62)58(39)47)57-56-38-18-27(4)36(24-41(38)76-14-9-16-78(66,67)68)54-55-37-17-26(3)35(23-40(37)75-13-8-15-77(63,64)65)53-52-30-20-32-31(43(22-30)80(72,73)74)19-29(21-42(32)79(69,70)71)50-44(59)11-12-45(60)61;1-2/h6-7,10,17-24,62H,2,8-9,11-16H2,1,3-5H3,(H,50,59)(H,60,61)(H,63,64,65)(H,66,67,68)(H,69,70,71)(H,72,73,74);1-2H3/b10-6-,53-52?,55-54?,57-56?;. The smallest absolute Gasteiger partial charge is 0.303 e. The molecule has 2 heterocycles. The number of carbonyl (C=O) groups excluding carboxylic acids is 1. The van der Waals surface area contributed by atoms with Crippen LogP contribution >= 0.6 is 0 Å². The number of anilines is 1. The molecule has 0 aliphatic carbocycles. The number of nitrogens with one attached hydrogen (secondary N) is 1. The summed E-state index contributed by atoms with van der Waals surface area (Å²) < 4.78 is 149. The van der Waals surface area contributed by atoms with Crippen molar-refractivity contribution >= 4 is 121 Å². The summed E-state index contributed by atoms with van der Waals surface area (Å²) in [5, 5.41) is 57.5. The summed E-state index contributed by atoms with van der Waals surface area (Å²) in [5.74, 6) is -4.17. The Bertz CT molecular complexity index is 4150. The van der Waals surface area contributed by atoms with Crippen molar-refractivity contribution in [1.29, 1.82) is 5.26 Å². The van der Waals surface area contributed by atoms with E-state index in [1.54, 1.807) is 26.0 Å². The lowest BCUT2D eigenvalue weighted by molar-refractivity contribution is -0.138. The third-order valence-corrected chi connectivity index (χ3v) is 14.7. The second-order valence-corrected chi connectivity index (χ2v) is 23.1. The van der Waals surface area contributed by atoms with Crippen LogP contribution in [0.2, 0.25) is 0 Å². The number of azo groups is 3. The van der Waals surface area contributed by atoms with Crippen LogP contribution in [0.5, 0.6) is 17.4 Å². The van der Waals surface area contributed by atoms with Crippen molar-refractivity contribution in [2.75, 3.05) is 30.0 Å². The van der Waals surface area contributed by atoms with Gasteiger partial charge in [0, 0.05) is 40.6 Å². The number of fused-ring (bicyclic) bond motifs is 2. The predicted molar refractivity (Wildman–Crippen MR) is 299 cm³/mol. The van der Waals surface area contributed by atoms with Gasteiger partial charge in [-0.05, 0) is 100 Å². The zero-order valence-corrected chi connectivity index (χ0v) is 47.7. The molecule has 4 aromatic carbocycles. The highest BCUT2D eigenvalue weighted by Crippen LogP contribution is 2.43. The quantitative estimate of drug-likeness (QED) is 0.0168. The molecule has 0 spiro atoms. The Hall–Kier alpha value is -8.42. The van der Waals surface area contributed by atoms with Crippen LogP contribution in [-0.2, 0) is 50.1 Å². The number of carboxylic acids is 1. The lowest BCUT2D eigenvalue weighted by atomic mass is 10.1. The second-order valence-electron chi connectivity index (χ2n) is 17.2. The Morgan fingerprint density at radius 3 is 1.71 bits per heavy atom. The number of aryl methyl sites for hydroxylation is 2. The Kier molecular flexibility index (Phi) is 21.1. The number of nitriles is 1. The molecule has 0 atom stereocenters. The monoisotopic (exact) mass is 1210 g/mol. The topological polar surface area (TPSA) is 438 Å². The van der Waals surface area contributed by atoms with Crippen molar-refractivity contribution < 1.29 is 81.2 Å². The molecule has 0 fully saturated rings. The number of ether oxygens (including phenoxy) is 2. The van der Waals surface area contributed by atoms with E-state index in [0.29, 0.717) is 17.0 Å². The molecule has 2 aromatic heterocycles. The van der Waals surface area contributed by atoms with Gasteiger partial charge in [-0.25, -0.2) is 4.98 Å². The molecule has 0 bridgehead atoms. The molecule has 28 nitrogen and oxygen atoms in total. The van der Waals surface area contributed by atoms with Crippen molar-refractivity contribution in [1.82, 2.24) is 9.38 Å². The van der Waals surface area contributed by atoms with Gasteiger partial charge in [-0.15, -0.1) is 15.3 Å². The number of imidazole rings is 1. The number of hydrogen-bond acceptors (Lipinski definition) is 21. The van der Waals surface area contributed by atoms with Gasteiger partial charge in [-0.3, -0.25) is 32.2 Å². The Balaban J connectivity index is 0.00000609. The predicted octanol–water partition coefficient (Wildman–Crippen LogP) is 10.5. The second kappa shape index (κ2) is 26.9. The molecular formula is C50H54N10O18S4. The van der Waals surface area contributed by atoms with Crippen LogP contribution in [0.3, 0.4) is 0 Å². The summed E-state index contributed by atoms with van der Waals surface area (Å²) >= 11 is 0. The number of pyridine rings is 1. The largest absolute Gasteiger partial charge is 0.493 e. The highest BCUT2D eigenvalue weighted by Gasteiger charge is 2.25. The number of hydrogen-bond donors (Lipinski definition) is 7. The average molecular weight is 1210 g/mol. The van der Waals surface area contributed by atoms with Gasteiger partial charge in [0.2, 0.25) is 11.8 Å². The van der Waals surface area contributed by atoms with Crippen molar-refractivity contribution in [3.05, 3.63) is 94.8 Å². The highest BCUT2D eigenvalue weighted by molar-refractivity contribution is 7.86. The van der Waals surface area contributed by atoms with Crippen molar-refractivity contribution in [3.63, 3.8) is 0 Å². The van der Waals surface area contributed by atoms with E-state index < -0.39 is 109 Å². The molecule has 0 aliphatic heterocycles. The SMILES string of the molecule is C=Cc1nc2c(C#N)c(C)c(N=Nc3cc(C)c(N=Nc4cc(C)c(N=Nc5cc(S(=O)(=O)O)c6cc(NC(=O)CCC(=O)O)cc(S(=O)(=O)O)c6c5)cc4OCCCS(=O)(=O)O)cc3OCCCS(=O)(=O)O)c(O)n2c1/C=C\C.CC. The van der Waals surface area contributed by atoms with Gasteiger partial charge in [0.25, 0.3) is 40.5 Å². The third-order valence-electron chi connectivity index (χ3n) is 11.3. The van der Waals surface area contributed by atoms with Crippen LogP contribution in [0.4, 0.5) is 39.8 Å². The first-order valence-corrected chi connectivity index (χ1v) is 30.2. The number of aromatic nitrogens is 2. The molecule has 6 aromatic rings. The maximum Gasteiger partial charge on any atom is 0.303 e. The van der Waals surface area contributed by atoms with Crippen LogP contribution in [0, 0.1) is 32.1 Å². The molecular weight excluding hydrogens is 1160 g/mol. The Morgan fingerprint density at radius 1 is 0.720 bits per heavy atom. The van der Waals surface area contributed by atoms with Crippen LogP contribution in [0.25, 0.3) is 28.6 Å². The first kappa shape index (κ1) is 64.4. The summed E-state index contributed by atoms with van der Waals surface area (Å²) in [6, 6.07) is 11.1. The molecule has 0 unspecified atom stereocenters. The normalized spacial score (nSPS) is 12.4. The molecule has 82 heavy (non-hydrogen) atoms. The van der Waals surface area contributed by atoms with Gasteiger partial charge in [0.05, 0.1) is 59.6 Å². The van der Waals surface area contributed by atoms with Gasteiger partial charge in [0.15, 0.2) is 11.3 Å². The summed E-state index contributed by atoms with van der Waals surface area (Å²) in [5.41, 5.74) is 1.08. The zero-order valence-electron chi connectivity index (χ0n) is 44.5. The fourth-order valence-corrected chi connectivity index (χ4v) is 10.00. The number of carbonyl (C=O) groups is 2. The van der Waals surface area contributed by atoms with E-state index in [2.05, 4.69) is 53.6 Å². The van der Waals surface area contributed by atoms with E-state index in [-0.39, 0.29) is 94.0 Å². The first-order valence-electron chi connectivity index (χ1n) is 24.1. The van der Waals surface area contributed by atoms with E-state index in [1.807, 2.05) is 13.8 Å². The molecule has 7 N–H and O–H groups in total. The minimum absolute atomic E-state index is 0.0128. The van der Waals surface area contributed by atoms with Crippen molar-refractivity contribution in [3.8, 4) is 23.4 Å². The van der Waals surface area contributed by atoms with Gasteiger partial charge in [-0.2, -0.15) is 54.3 Å². The van der Waals surface area contributed by atoms with Crippen LogP contribution < -0.4 is 14.8 Å². The van der Waals surface area contributed by atoms with Gasteiger partial charge in [0.1, 0.15) is 44.3 Å². The highest BCUT2D eigenvalue weighted by atomic mass is 32.2. The molecule has 0 aliphatic rings. The summed E-state index contributed by atoms with van der Waals surface area (Å²) in [4.78, 5) is 26.0. The van der Waals surface area contributed by atoms with E-state index in [0.717, 1.165) is 24.3 Å². The summed E-state index contributed by atoms with van der Waals surface area (Å²) in [6.45, 7) is 13.6. The molecule has 0 saturated heterocycles. The van der Waals surface area contributed by atoms with Crippen LogP contribution in [-0.4, -0.2) is 108 Å². The molecule has 436 valence electrons. The van der Waals surface area contributed by atoms with E-state index >= 15 is 0 Å². The average Bonchev–Trinajstić information content (AvgIpc) is 3.35. The fourth-order valence-electron chi connectivity index (χ4n) is 7.59. The molecule has 32 heteroatoms. The molecule has 1 amide bonds. The molecule has 0 saturated carbocycles. The maximum atomic E-state index is 12.7. The number of carboxylic acid groups (broad SMARTS) is 1. The number of benzene rings is 4. The van der Waals surface area contributed by atoms with Gasteiger partial charge in [-0.1, -0.05) is 26.5 Å². The van der Waals surface area contributed by atoms with E-state index in [9.17, 15) is 71.8 Å². The number of amides is 1. The number of allylic oxidation sites excluding steroid dienone is 1. The number of aromatic hydroxyl groups is 1. The van der Waals surface area contributed by atoms with Crippen LogP contribution in [0.15, 0.2) is 102 Å². The number of nitrogens with zero attached hydrogens (tertiary/aromatic N) is 9.